The second kappa shape index (κ2) is 6.89. The van der Waals surface area contributed by atoms with Gasteiger partial charge in [0, 0.05) is 6.42 Å². The number of carboxylic acids is 1. The fraction of sp³-hybridized carbons (Fsp3) is 0.250. The molecule has 0 aliphatic rings. The maximum atomic E-state index is 13.1. The number of halogens is 1. The standard InChI is InChI=1S/C16H16FNO4/c1-10(11-3-2-4-12(17)8-11)7-15(19)18-9-13-5-6-14(22-13)16(20)21/h2-6,8,10H,7,9H2,1H3,(H,18,19)(H,20,21). The van der Waals surface area contributed by atoms with Gasteiger partial charge >= 0.3 is 5.97 Å². The van der Waals surface area contributed by atoms with Crippen LogP contribution in [0.5, 0.6) is 0 Å². The second-order valence-electron chi connectivity index (χ2n) is 5.01. The van der Waals surface area contributed by atoms with Gasteiger partial charge in [-0.1, -0.05) is 19.1 Å². The molecule has 0 saturated heterocycles. The van der Waals surface area contributed by atoms with E-state index in [9.17, 15) is 14.0 Å². The van der Waals surface area contributed by atoms with Gasteiger partial charge in [0.05, 0.1) is 6.54 Å². The van der Waals surface area contributed by atoms with Crippen LogP contribution in [0.3, 0.4) is 0 Å². The van der Waals surface area contributed by atoms with E-state index in [2.05, 4.69) is 5.32 Å². The first kappa shape index (κ1) is 15.8. The highest BCUT2D eigenvalue weighted by molar-refractivity contribution is 5.84. The summed E-state index contributed by atoms with van der Waals surface area (Å²) in [5.41, 5.74) is 0.751. The Balaban J connectivity index is 1.85. The summed E-state index contributed by atoms with van der Waals surface area (Å²) in [5.74, 6) is -1.63. The second-order valence-corrected chi connectivity index (χ2v) is 5.01. The molecule has 116 valence electrons. The van der Waals surface area contributed by atoms with Gasteiger partial charge in [0.15, 0.2) is 0 Å². The number of hydrogen-bond donors (Lipinski definition) is 2. The molecule has 1 aromatic heterocycles. The average Bonchev–Trinajstić information content (AvgIpc) is 2.94. The van der Waals surface area contributed by atoms with Gasteiger partial charge < -0.3 is 14.8 Å². The molecule has 0 aliphatic carbocycles. The Morgan fingerprint density at radius 1 is 1.32 bits per heavy atom. The molecule has 6 heteroatoms. The SMILES string of the molecule is CC(CC(=O)NCc1ccc(C(=O)O)o1)c1cccc(F)c1. The maximum Gasteiger partial charge on any atom is 0.371 e. The summed E-state index contributed by atoms with van der Waals surface area (Å²) in [7, 11) is 0. The van der Waals surface area contributed by atoms with Crippen molar-refractivity contribution in [1.29, 1.82) is 0 Å². The number of aromatic carboxylic acids is 1. The predicted molar refractivity (Wildman–Crippen MR) is 76.9 cm³/mol. The van der Waals surface area contributed by atoms with Crippen LogP contribution in [0.25, 0.3) is 0 Å². The van der Waals surface area contributed by atoms with E-state index in [0.717, 1.165) is 5.56 Å². The third kappa shape index (κ3) is 4.18. The lowest BCUT2D eigenvalue weighted by atomic mass is 9.97. The van der Waals surface area contributed by atoms with Crippen LogP contribution in [0, 0.1) is 5.82 Å². The molecular formula is C16H16FNO4. The number of carboxylic acid groups (broad SMARTS) is 1. The molecule has 22 heavy (non-hydrogen) atoms. The quantitative estimate of drug-likeness (QED) is 0.860. The highest BCUT2D eigenvalue weighted by Crippen LogP contribution is 2.19. The Hall–Kier alpha value is -2.63. The molecule has 1 amide bonds. The summed E-state index contributed by atoms with van der Waals surface area (Å²) < 4.78 is 18.2. The predicted octanol–water partition coefficient (Wildman–Crippen LogP) is 2.93. The molecular weight excluding hydrogens is 289 g/mol. The zero-order chi connectivity index (χ0) is 16.1. The van der Waals surface area contributed by atoms with Crippen molar-refractivity contribution in [3.63, 3.8) is 0 Å². The zero-order valence-electron chi connectivity index (χ0n) is 12.0. The summed E-state index contributed by atoms with van der Waals surface area (Å²) in [4.78, 5) is 22.5. The van der Waals surface area contributed by atoms with E-state index in [4.69, 9.17) is 9.52 Å². The Bertz CT molecular complexity index is 680. The molecule has 0 bridgehead atoms. The number of amides is 1. The summed E-state index contributed by atoms with van der Waals surface area (Å²) in [6.45, 7) is 1.95. The Labute approximate surface area is 126 Å². The van der Waals surface area contributed by atoms with Crippen molar-refractivity contribution in [2.24, 2.45) is 0 Å². The average molecular weight is 305 g/mol. The molecule has 2 aromatic rings. The Morgan fingerprint density at radius 2 is 2.09 bits per heavy atom. The molecule has 0 saturated carbocycles. The molecule has 5 nitrogen and oxygen atoms in total. The number of furan rings is 1. The van der Waals surface area contributed by atoms with Crippen molar-refractivity contribution in [1.82, 2.24) is 5.32 Å². The number of nitrogens with one attached hydrogen (secondary N) is 1. The summed E-state index contributed by atoms with van der Waals surface area (Å²) in [6.07, 6.45) is 0.204. The van der Waals surface area contributed by atoms with Gasteiger partial charge in [0.2, 0.25) is 11.7 Å². The molecule has 0 spiro atoms. The van der Waals surface area contributed by atoms with Crippen molar-refractivity contribution in [3.8, 4) is 0 Å². The first-order valence-electron chi connectivity index (χ1n) is 6.80. The van der Waals surface area contributed by atoms with E-state index in [-0.39, 0.29) is 36.4 Å². The highest BCUT2D eigenvalue weighted by atomic mass is 19.1. The zero-order valence-corrected chi connectivity index (χ0v) is 12.0. The molecule has 0 radical (unpaired) electrons. The molecule has 1 unspecified atom stereocenters. The van der Waals surface area contributed by atoms with E-state index in [0.29, 0.717) is 5.76 Å². The lowest BCUT2D eigenvalue weighted by Gasteiger charge is -2.11. The lowest BCUT2D eigenvalue weighted by Crippen LogP contribution is -2.23. The van der Waals surface area contributed by atoms with Gasteiger partial charge in [-0.15, -0.1) is 0 Å². The van der Waals surface area contributed by atoms with Crippen molar-refractivity contribution in [3.05, 3.63) is 59.3 Å². The summed E-state index contributed by atoms with van der Waals surface area (Å²) >= 11 is 0. The topological polar surface area (TPSA) is 79.5 Å². The van der Waals surface area contributed by atoms with Gasteiger partial charge in [-0.3, -0.25) is 4.79 Å². The lowest BCUT2D eigenvalue weighted by molar-refractivity contribution is -0.121. The Morgan fingerprint density at radius 3 is 2.73 bits per heavy atom. The fourth-order valence-corrected chi connectivity index (χ4v) is 2.05. The van der Waals surface area contributed by atoms with Crippen LogP contribution >= 0.6 is 0 Å². The minimum atomic E-state index is -1.16. The van der Waals surface area contributed by atoms with Crippen LogP contribution < -0.4 is 5.32 Å². The van der Waals surface area contributed by atoms with Crippen LogP contribution in [0.1, 0.15) is 41.1 Å². The number of carbonyl (C=O) groups excluding carboxylic acids is 1. The van der Waals surface area contributed by atoms with E-state index in [1.54, 1.807) is 12.1 Å². The van der Waals surface area contributed by atoms with Gasteiger partial charge in [0.1, 0.15) is 11.6 Å². The van der Waals surface area contributed by atoms with E-state index >= 15 is 0 Å². The first-order valence-corrected chi connectivity index (χ1v) is 6.80. The van der Waals surface area contributed by atoms with Crippen molar-refractivity contribution < 1.29 is 23.5 Å². The van der Waals surface area contributed by atoms with Crippen LogP contribution in [-0.2, 0) is 11.3 Å². The highest BCUT2D eigenvalue weighted by Gasteiger charge is 2.13. The normalized spacial score (nSPS) is 11.9. The van der Waals surface area contributed by atoms with Crippen molar-refractivity contribution >= 4 is 11.9 Å². The third-order valence-electron chi connectivity index (χ3n) is 3.24. The molecule has 1 atom stereocenters. The van der Waals surface area contributed by atoms with E-state index < -0.39 is 5.97 Å². The van der Waals surface area contributed by atoms with Gasteiger partial charge in [-0.05, 0) is 35.7 Å². The molecule has 2 rings (SSSR count). The van der Waals surface area contributed by atoms with Crippen molar-refractivity contribution in [2.75, 3.05) is 0 Å². The largest absolute Gasteiger partial charge is 0.475 e. The van der Waals surface area contributed by atoms with Gasteiger partial charge in [0.25, 0.3) is 0 Å². The van der Waals surface area contributed by atoms with Crippen LogP contribution in [-0.4, -0.2) is 17.0 Å². The molecule has 0 aliphatic heterocycles. The number of benzene rings is 1. The Kier molecular flexibility index (Phi) is 4.93. The first-order chi connectivity index (χ1) is 10.5. The number of hydrogen-bond acceptors (Lipinski definition) is 3. The molecule has 0 fully saturated rings. The maximum absolute atomic E-state index is 13.1. The van der Waals surface area contributed by atoms with E-state index in [1.165, 1.54) is 24.3 Å². The van der Waals surface area contributed by atoms with Crippen LogP contribution in [0.2, 0.25) is 0 Å². The van der Waals surface area contributed by atoms with E-state index in [1.807, 2.05) is 6.92 Å². The monoisotopic (exact) mass is 305 g/mol. The fourth-order valence-electron chi connectivity index (χ4n) is 2.05. The van der Waals surface area contributed by atoms with Gasteiger partial charge in [-0.25, -0.2) is 9.18 Å². The van der Waals surface area contributed by atoms with Crippen LogP contribution in [0.4, 0.5) is 4.39 Å². The smallest absolute Gasteiger partial charge is 0.371 e. The minimum absolute atomic E-state index is 0.113. The number of rotatable bonds is 6. The molecule has 2 N–H and O–H groups in total. The minimum Gasteiger partial charge on any atom is -0.475 e. The van der Waals surface area contributed by atoms with Crippen LogP contribution in [0.15, 0.2) is 40.8 Å². The van der Waals surface area contributed by atoms with Gasteiger partial charge in [-0.2, -0.15) is 0 Å². The third-order valence-corrected chi connectivity index (χ3v) is 3.24. The number of carbonyl (C=O) groups is 2. The summed E-state index contributed by atoms with van der Waals surface area (Å²) in [5, 5.41) is 11.4. The van der Waals surface area contributed by atoms with Crippen molar-refractivity contribution in [2.45, 2.75) is 25.8 Å². The molecule has 1 aromatic carbocycles. The summed E-state index contributed by atoms with van der Waals surface area (Å²) in [6, 6.07) is 8.97. The molecule has 1 heterocycles.